The predicted octanol–water partition coefficient (Wildman–Crippen LogP) is 5.02. The summed E-state index contributed by atoms with van der Waals surface area (Å²) < 4.78 is 27.1. The van der Waals surface area contributed by atoms with Gasteiger partial charge in [-0.2, -0.15) is 0 Å². The molecule has 0 aliphatic rings. The van der Waals surface area contributed by atoms with Gasteiger partial charge in [-0.15, -0.1) is 11.3 Å². The number of benzene rings is 2. The molecule has 0 N–H and O–H groups in total. The van der Waals surface area contributed by atoms with Gasteiger partial charge in [-0.3, -0.25) is 4.79 Å². The van der Waals surface area contributed by atoms with E-state index in [1.54, 1.807) is 23.6 Å². The van der Waals surface area contributed by atoms with Crippen molar-refractivity contribution in [1.82, 2.24) is 4.98 Å². The first-order valence-electron chi connectivity index (χ1n) is 6.91. The lowest BCUT2D eigenvalue weighted by Gasteiger charge is -2.16. The monoisotopic (exact) mass is 364 g/mol. The number of carbonyl (C=O) groups is 1. The van der Waals surface area contributed by atoms with Crippen LogP contribution in [0.2, 0.25) is 5.02 Å². The Labute approximate surface area is 146 Å². The molecule has 1 heterocycles. The van der Waals surface area contributed by atoms with Gasteiger partial charge in [0, 0.05) is 24.1 Å². The maximum atomic E-state index is 13.8. The van der Waals surface area contributed by atoms with Crippen LogP contribution >= 0.6 is 22.9 Å². The molecule has 0 aliphatic heterocycles. The van der Waals surface area contributed by atoms with Crippen LogP contribution in [0.3, 0.4) is 0 Å². The van der Waals surface area contributed by atoms with E-state index in [4.69, 9.17) is 11.6 Å². The average Bonchev–Trinajstić information content (AvgIpc) is 3.06. The van der Waals surface area contributed by atoms with Gasteiger partial charge in [0.25, 0.3) is 5.91 Å². The predicted molar refractivity (Wildman–Crippen MR) is 91.7 cm³/mol. The first kappa shape index (κ1) is 16.5. The summed E-state index contributed by atoms with van der Waals surface area (Å²) >= 11 is 7.38. The number of rotatable bonds is 3. The molecule has 0 fully saturated rings. The van der Waals surface area contributed by atoms with Gasteiger partial charge in [-0.1, -0.05) is 29.8 Å². The number of hydrogen-bond acceptors (Lipinski definition) is 3. The maximum absolute atomic E-state index is 13.8. The minimum Gasteiger partial charge on any atom is -0.307 e. The van der Waals surface area contributed by atoms with Gasteiger partial charge < -0.3 is 4.90 Å². The zero-order valence-corrected chi connectivity index (χ0v) is 14.0. The Bertz CT molecular complexity index is 913. The van der Waals surface area contributed by atoms with Crippen molar-refractivity contribution in [2.45, 2.75) is 0 Å². The highest BCUT2D eigenvalue weighted by atomic mass is 35.5. The number of thiazole rings is 1. The van der Waals surface area contributed by atoms with Gasteiger partial charge in [0.1, 0.15) is 22.3 Å². The summed E-state index contributed by atoms with van der Waals surface area (Å²) in [6.07, 6.45) is 0. The molecule has 0 atom stereocenters. The highest BCUT2D eigenvalue weighted by molar-refractivity contribution is 7.13. The summed E-state index contributed by atoms with van der Waals surface area (Å²) in [5, 5.41) is 2.67. The smallest absolute Gasteiger partial charge is 0.277 e. The van der Waals surface area contributed by atoms with E-state index in [1.165, 1.54) is 18.4 Å². The number of nitrogens with zero attached hydrogens (tertiary/aromatic N) is 2. The van der Waals surface area contributed by atoms with Crippen LogP contribution in [-0.2, 0) is 0 Å². The van der Waals surface area contributed by atoms with Crippen molar-refractivity contribution in [3.8, 4) is 10.6 Å². The standard InChI is InChI=1S/C17H11ClF2N2OS/c1-22(15-8-10(19)6-7-13(15)20)17(23)14-9-24-16(21-14)11-4-2-3-5-12(11)18/h2-9H,1H3. The van der Waals surface area contributed by atoms with Crippen LogP contribution in [0.5, 0.6) is 0 Å². The van der Waals surface area contributed by atoms with Crippen molar-refractivity contribution in [3.05, 3.63) is 70.2 Å². The molecule has 3 rings (SSSR count). The van der Waals surface area contributed by atoms with E-state index in [9.17, 15) is 13.6 Å². The Morgan fingerprint density at radius 3 is 2.71 bits per heavy atom. The molecule has 24 heavy (non-hydrogen) atoms. The van der Waals surface area contributed by atoms with Gasteiger partial charge in [0.2, 0.25) is 0 Å². The molecule has 0 unspecified atom stereocenters. The van der Waals surface area contributed by atoms with Crippen LogP contribution in [0.4, 0.5) is 14.5 Å². The quantitative estimate of drug-likeness (QED) is 0.654. The van der Waals surface area contributed by atoms with Gasteiger partial charge in [-0.25, -0.2) is 13.8 Å². The van der Waals surface area contributed by atoms with Gasteiger partial charge >= 0.3 is 0 Å². The second kappa shape index (κ2) is 6.67. The van der Waals surface area contributed by atoms with Crippen LogP contribution in [0, 0.1) is 11.6 Å². The molecule has 0 saturated heterocycles. The van der Waals surface area contributed by atoms with Crippen molar-refractivity contribution in [2.75, 3.05) is 11.9 Å². The third-order valence-electron chi connectivity index (χ3n) is 3.40. The largest absolute Gasteiger partial charge is 0.307 e. The lowest BCUT2D eigenvalue weighted by molar-refractivity contribution is 0.0988. The molecule has 0 spiro atoms. The second-order valence-corrected chi connectivity index (χ2v) is 6.24. The normalized spacial score (nSPS) is 10.7. The van der Waals surface area contributed by atoms with Crippen molar-refractivity contribution < 1.29 is 13.6 Å². The Kier molecular flexibility index (Phi) is 4.59. The van der Waals surface area contributed by atoms with E-state index in [2.05, 4.69) is 4.98 Å². The average molecular weight is 365 g/mol. The fourth-order valence-electron chi connectivity index (χ4n) is 2.15. The summed E-state index contributed by atoms with van der Waals surface area (Å²) in [7, 11) is 1.37. The zero-order valence-electron chi connectivity index (χ0n) is 12.5. The highest BCUT2D eigenvalue weighted by Crippen LogP contribution is 2.31. The summed E-state index contributed by atoms with van der Waals surface area (Å²) in [5.41, 5.74) is 0.705. The Balaban J connectivity index is 1.91. The highest BCUT2D eigenvalue weighted by Gasteiger charge is 2.20. The molecule has 3 aromatic rings. The summed E-state index contributed by atoms with van der Waals surface area (Å²) in [5.74, 6) is -1.84. The minimum absolute atomic E-state index is 0.140. The van der Waals surface area contributed by atoms with E-state index in [0.29, 0.717) is 15.6 Å². The Morgan fingerprint density at radius 1 is 1.21 bits per heavy atom. The minimum atomic E-state index is -0.686. The molecular weight excluding hydrogens is 354 g/mol. The van der Waals surface area contributed by atoms with Crippen molar-refractivity contribution in [3.63, 3.8) is 0 Å². The zero-order chi connectivity index (χ0) is 17.3. The van der Waals surface area contributed by atoms with Crippen LogP contribution in [0.25, 0.3) is 10.6 Å². The Morgan fingerprint density at radius 2 is 1.96 bits per heavy atom. The molecule has 0 saturated carbocycles. The summed E-state index contributed by atoms with van der Waals surface area (Å²) in [6, 6.07) is 10.1. The molecule has 0 bridgehead atoms. The molecule has 122 valence electrons. The first-order chi connectivity index (χ1) is 11.5. The van der Waals surface area contributed by atoms with E-state index >= 15 is 0 Å². The first-order valence-corrected chi connectivity index (χ1v) is 8.16. The second-order valence-electron chi connectivity index (χ2n) is 4.98. The number of aromatic nitrogens is 1. The van der Waals surface area contributed by atoms with Crippen molar-refractivity contribution >= 4 is 34.5 Å². The topological polar surface area (TPSA) is 33.2 Å². The summed E-state index contributed by atoms with van der Waals surface area (Å²) in [4.78, 5) is 17.8. The molecule has 2 aromatic carbocycles. The molecular formula is C17H11ClF2N2OS. The lowest BCUT2D eigenvalue weighted by atomic mass is 10.2. The van der Waals surface area contributed by atoms with Crippen LogP contribution in [0.15, 0.2) is 47.8 Å². The molecule has 0 aliphatic carbocycles. The van der Waals surface area contributed by atoms with Gasteiger partial charge in [-0.05, 0) is 18.2 Å². The molecule has 3 nitrogen and oxygen atoms in total. The molecule has 0 radical (unpaired) electrons. The van der Waals surface area contributed by atoms with Gasteiger partial charge in [0.15, 0.2) is 0 Å². The number of anilines is 1. The maximum Gasteiger partial charge on any atom is 0.277 e. The lowest BCUT2D eigenvalue weighted by Crippen LogP contribution is -2.27. The van der Waals surface area contributed by atoms with Crippen LogP contribution in [0.1, 0.15) is 10.5 Å². The number of carbonyl (C=O) groups excluding carboxylic acids is 1. The molecule has 1 amide bonds. The Hall–Kier alpha value is -2.31. The molecule has 7 heteroatoms. The van der Waals surface area contributed by atoms with Crippen LogP contribution < -0.4 is 4.90 Å². The van der Waals surface area contributed by atoms with E-state index in [1.807, 2.05) is 6.07 Å². The van der Waals surface area contributed by atoms with E-state index < -0.39 is 17.5 Å². The van der Waals surface area contributed by atoms with Crippen molar-refractivity contribution in [1.29, 1.82) is 0 Å². The number of amides is 1. The fraction of sp³-hybridized carbons (Fsp3) is 0.0588. The van der Waals surface area contributed by atoms with E-state index in [0.717, 1.165) is 23.1 Å². The fourth-order valence-corrected chi connectivity index (χ4v) is 3.27. The van der Waals surface area contributed by atoms with Gasteiger partial charge in [0.05, 0.1) is 10.7 Å². The van der Waals surface area contributed by atoms with Crippen LogP contribution in [-0.4, -0.2) is 17.9 Å². The number of hydrogen-bond donors (Lipinski definition) is 0. The van der Waals surface area contributed by atoms with Crippen molar-refractivity contribution in [2.24, 2.45) is 0 Å². The molecule has 1 aromatic heterocycles. The van der Waals surface area contributed by atoms with E-state index in [-0.39, 0.29) is 11.4 Å². The third kappa shape index (κ3) is 3.16. The summed E-state index contributed by atoms with van der Waals surface area (Å²) in [6.45, 7) is 0. The number of halogens is 3. The third-order valence-corrected chi connectivity index (χ3v) is 4.61. The SMILES string of the molecule is CN(C(=O)c1csc(-c2ccccc2Cl)n1)c1cc(F)ccc1F.